The molecular formula is C31H50O. The van der Waals surface area contributed by atoms with Crippen molar-refractivity contribution in [1.82, 2.24) is 0 Å². The highest BCUT2D eigenvalue weighted by molar-refractivity contribution is 5.44. The zero-order valence-electron chi connectivity index (χ0n) is 22.2. The fourth-order valence-corrected chi connectivity index (χ4v) is 10.4. The predicted molar refractivity (Wildman–Crippen MR) is 135 cm³/mol. The molecule has 5 aliphatic carbocycles. The van der Waals surface area contributed by atoms with E-state index in [1.807, 2.05) is 0 Å². The van der Waals surface area contributed by atoms with Gasteiger partial charge in [0.15, 0.2) is 0 Å². The molecule has 0 amide bonds. The van der Waals surface area contributed by atoms with Gasteiger partial charge in [0.05, 0.1) is 6.10 Å². The van der Waals surface area contributed by atoms with Crippen LogP contribution in [0, 0.1) is 50.7 Å². The summed E-state index contributed by atoms with van der Waals surface area (Å²) in [5, 5.41) is 10.8. The summed E-state index contributed by atoms with van der Waals surface area (Å²) in [6, 6.07) is 0. The molecule has 4 fully saturated rings. The Balaban J connectivity index is 1.42. The second-order valence-corrected chi connectivity index (χ2v) is 14.4. The van der Waals surface area contributed by atoms with Crippen molar-refractivity contribution in [3.63, 3.8) is 0 Å². The fraction of sp³-hybridized carbons (Fsp3) is 0.871. The maximum atomic E-state index is 10.8. The van der Waals surface area contributed by atoms with Crippen LogP contribution in [0.2, 0.25) is 0 Å². The van der Waals surface area contributed by atoms with Gasteiger partial charge in [0.2, 0.25) is 0 Å². The first-order chi connectivity index (χ1) is 14.9. The Morgan fingerprint density at radius 1 is 1.03 bits per heavy atom. The standard InChI is InChI=1S/C31H50O/c1-20(2)21(3)9-10-22(4)23-13-15-29(8)25-12-11-24-27(5,6)26(32)14-16-30(24)19-31(25,30)18-17-28(23,29)7/h11,20,22-23,25-26,32H,3,9-10,12-19H2,1-2,4-8H3/t22-,23-,25+,26+,28-,29+,30-,31+/m1/s1. The van der Waals surface area contributed by atoms with Crippen molar-refractivity contribution in [2.75, 3.05) is 0 Å². The van der Waals surface area contributed by atoms with E-state index in [4.69, 9.17) is 0 Å². The van der Waals surface area contributed by atoms with Crippen LogP contribution in [0.3, 0.4) is 0 Å². The molecule has 5 rings (SSSR count). The van der Waals surface area contributed by atoms with Gasteiger partial charge in [-0.1, -0.05) is 72.3 Å². The molecule has 0 unspecified atom stereocenters. The Morgan fingerprint density at radius 3 is 2.44 bits per heavy atom. The molecule has 1 nitrogen and oxygen atoms in total. The number of hydrogen-bond donors (Lipinski definition) is 1. The van der Waals surface area contributed by atoms with E-state index in [9.17, 15) is 5.11 Å². The minimum Gasteiger partial charge on any atom is -0.392 e. The van der Waals surface area contributed by atoms with Gasteiger partial charge < -0.3 is 5.11 Å². The van der Waals surface area contributed by atoms with Crippen molar-refractivity contribution in [2.45, 2.75) is 119 Å². The molecule has 0 bridgehead atoms. The van der Waals surface area contributed by atoms with Crippen molar-refractivity contribution < 1.29 is 5.11 Å². The molecule has 0 aromatic carbocycles. The first-order valence-corrected chi connectivity index (χ1v) is 13.9. The van der Waals surface area contributed by atoms with Gasteiger partial charge in [-0.3, -0.25) is 0 Å². The first kappa shape index (κ1) is 23.2. The summed E-state index contributed by atoms with van der Waals surface area (Å²) in [4.78, 5) is 0. The maximum absolute atomic E-state index is 10.8. The molecule has 8 atom stereocenters. The summed E-state index contributed by atoms with van der Waals surface area (Å²) in [5.41, 5.74) is 5.01. The summed E-state index contributed by atoms with van der Waals surface area (Å²) in [5.74, 6) is 3.15. The summed E-state index contributed by atoms with van der Waals surface area (Å²) < 4.78 is 0. The fourth-order valence-electron chi connectivity index (χ4n) is 10.4. The predicted octanol–water partition coefficient (Wildman–Crippen LogP) is 8.34. The molecule has 180 valence electrons. The van der Waals surface area contributed by atoms with Crippen LogP contribution in [-0.4, -0.2) is 11.2 Å². The molecule has 0 saturated heterocycles. The molecule has 32 heavy (non-hydrogen) atoms. The molecule has 0 aromatic heterocycles. The van der Waals surface area contributed by atoms with E-state index >= 15 is 0 Å². The number of hydrogen-bond acceptors (Lipinski definition) is 1. The van der Waals surface area contributed by atoms with Crippen LogP contribution < -0.4 is 0 Å². The number of fused-ring (bicyclic) bond motifs is 2. The van der Waals surface area contributed by atoms with Crippen LogP contribution >= 0.6 is 0 Å². The topological polar surface area (TPSA) is 20.2 Å². The molecule has 0 heterocycles. The van der Waals surface area contributed by atoms with Crippen LogP contribution in [0.1, 0.15) is 113 Å². The Kier molecular flexibility index (Phi) is 5.07. The van der Waals surface area contributed by atoms with Gasteiger partial charge in [-0.05, 0) is 110 Å². The number of rotatable bonds is 5. The third-order valence-corrected chi connectivity index (χ3v) is 12.9. The van der Waals surface area contributed by atoms with E-state index in [0.29, 0.717) is 27.6 Å². The summed E-state index contributed by atoms with van der Waals surface area (Å²) in [7, 11) is 0. The van der Waals surface area contributed by atoms with E-state index in [1.165, 1.54) is 63.4 Å². The first-order valence-electron chi connectivity index (χ1n) is 13.9. The molecule has 2 spiro atoms. The largest absolute Gasteiger partial charge is 0.392 e. The van der Waals surface area contributed by atoms with Crippen LogP contribution in [0.25, 0.3) is 0 Å². The number of aliphatic hydroxyl groups excluding tert-OH is 1. The second kappa shape index (κ2) is 6.99. The third-order valence-electron chi connectivity index (χ3n) is 12.9. The van der Waals surface area contributed by atoms with Crippen molar-refractivity contribution in [2.24, 2.45) is 50.7 Å². The third kappa shape index (κ3) is 2.67. The minimum absolute atomic E-state index is 0.0279. The van der Waals surface area contributed by atoms with E-state index in [-0.39, 0.29) is 11.5 Å². The van der Waals surface area contributed by atoms with Crippen molar-refractivity contribution >= 4 is 0 Å². The number of allylic oxidation sites excluding steroid dienone is 2. The van der Waals surface area contributed by atoms with Gasteiger partial charge >= 0.3 is 0 Å². The lowest BCUT2D eigenvalue weighted by Gasteiger charge is -2.61. The lowest BCUT2D eigenvalue weighted by atomic mass is 9.43. The van der Waals surface area contributed by atoms with Crippen LogP contribution in [0.4, 0.5) is 0 Å². The van der Waals surface area contributed by atoms with Crippen molar-refractivity contribution in [3.05, 3.63) is 23.8 Å². The smallest absolute Gasteiger partial charge is 0.0628 e. The van der Waals surface area contributed by atoms with E-state index in [1.54, 1.807) is 5.57 Å². The Hall–Kier alpha value is -0.560. The normalized spacial score (nSPS) is 49.4. The van der Waals surface area contributed by atoms with E-state index < -0.39 is 0 Å². The van der Waals surface area contributed by atoms with E-state index in [0.717, 1.165) is 24.2 Å². The molecule has 4 saturated carbocycles. The SMILES string of the molecule is C=C(CC[C@@H](C)[C@H]1CC[C@@]2(C)[C@@H]3CC=C4C(C)(C)[C@@H](O)CC[C@@]45C[C@@]35CC[C@]12C)C(C)C. The van der Waals surface area contributed by atoms with Crippen LogP contribution in [0.5, 0.6) is 0 Å². The molecule has 1 N–H and O–H groups in total. The van der Waals surface area contributed by atoms with E-state index in [2.05, 4.69) is 61.1 Å². The lowest BCUT2D eigenvalue weighted by molar-refractivity contribution is -0.106. The average molecular weight is 439 g/mol. The lowest BCUT2D eigenvalue weighted by Crippen LogP contribution is -2.54. The highest BCUT2D eigenvalue weighted by Gasteiger charge is 2.80. The van der Waals surface area contributed by atoms with Crippen LogP contribution in [0.15, 0.2) is 23.8 Å². The van der Waals surface area contributed by atoms with Gasteiger partial charge in [-0.25, -0.2) is 0 Å². The summed E-state index contributed by atoms with van der Waals surface area (Å²) in [6.45, 7) is 21.6. The van der Waals surface area contributed by atoms with Crippen molar-refractivity contribution in [1.29, 1.82) is 0 Å². The molecule has 0 aromatic rings. The molecule has 1 heteroatoms. The molecule has 0 aliphatic heterocycles. The van der Waals surface area contributed by atoms with Gasteiger partial charge in [0.1, 0.15) is 0 Å². The highest BCUT2D eigenvalue weighted by Crippen LogP contribution is 2.88. The molecule has 5 aliphatic rings. The molecular weight excluding hydrogens is 388 g/mol. The number of aliphatic hydroxyl groups is 1. The van der Waals surface area contributed by atoms with Gasteiger partial charge in [-0.2, -0.15) is 0 Å². The second-order valence-electron chi connectivity index (χ2n) is 14.4. The molecule has 0 radical (unpaired) electrons. The van der Waals surface area contributed by atoms with Gasteiger partial charge in [0.25, 0.3) is 0 Å². The van der Waals surface area contributed by atoms with Gasteiger partial charge in [-0.15, -0.1) is 0 Å². The zero-order valence-corrected chi connectivity index (χ0v) is 22.2. The Labute approximate surface area is 198 Å². The maximum Gasteiger partial charge on any atom is 0.0628 e. The minimum atomic E-state index is -0.157. The van der Waals surface area contributed by atoms with Gasteiger partial charge in [0, 0.05) is 5.41 Å². The Morgan fingerprint density at radius 2 is 1.75 bits per heavy atom. The highest BCUT2D eigenvalue weighted by atomic mass is 16.3. The monoisotopic (exact) mass is 438 g/mol. The van der Waals surface area contributed by atoms with Crippen LogP contribution in [-0.2, 0) is 0 Å². The average Bonchev–Trinajstić information content (AvgIpc) is 3.31. The summed E-state index contributed by atoms with van der Waals surface area (Å²) >= 11 is 0. The quantitative estimate of drug-likeness (QED) is 0.428. The van der Waals surface area contributed by atoms with Crippen molar-refractivity contribution in [3.8, 4) is 0 Å². The Bertz CT molecular complexity index is 833. The summed E-state index contributed by atoms with van der Waals surface area (Å²) in [6.07, 6.45) is 15.7. The zero-order chi connectivity index (χ0) is 23.3.